The Hall–Kier alpha value is -1.55. The van der Waals surface area contributed by atoms with E-state index in [9.17, 15) is 4.79 Å². The number of methoxy groups -OCH3 is 2. The smallest absolute Gasteiger partial charge is 0.167 e. The molecule has 0 heterocycles. The Labute approximate surface area is 102 Å². The average Bonchev–Trinajstić information content (AvgIpc) is 2.37. The van der Waals surface area contributed by atoms with Gasteiger partial charge in [-0.25, -0.2) is 0 Å². The Morgan fingerprint density at radius 2 is 2.06 bits per heavy atom. The molecule has 1 atom stereocenters. The van der Waals surface area contributed by atoms with Crippen molar-refractivity contribution in [1.29, 1.82) is 0 Å². The molecule has 0 saturated carbocycles. The van der Waals surface area contributed by atoms with Crippen LogP contribution in [0.2, 0.25) is 0 Å². The van der Waals surface area contributed by atoms with Crippen LogP contribution in [0.15, 0.2) is 18.2 Å². The molecule has 0 aromatic heterocycles. The first-order valence-corrected chi connectivity index (χ1v) is 5.57. The predicted molar refractivity (Wildman–Crippen MR) is 66.7 cm³/mol. The standard InChI is InChI=1S/C13H19NO3/c1-9(8-14)6-12(15)11-7-10(16-2)4-5-13(11)17-3/h4-5,7,9H,6,8,14H2,1-3H3. The fourth-order valence-corrected chi connectivity index (χ4v) is 1.54. The second-order valence-electron chi connectivity index (χ2n) is 4.03. The van der Waals surface area contributed by atoms with Crippen molar-refractivity contribution in [2.75, 3.05) is 20.8 Å². The molecule has 1 aromatic carbocycles. The molecule has 1 unspecified atom stereocenters. The third-order valence-electron chi connectivity index (χ3n) is 2.64. The van der Waals surface area contributed by atoms with Gasteiger partial charge in [0.15, 0.2) is 5.78 Å². The molecular weight excluding hydrogens is 218 g/mol. The topological polar surface area (TPSA) is 61.5 Å². The zero-order valence-corrected chi connectivity index (χ0v) is 10.5. The molecule has 1 aromatic rings. The van der Waals surface area contributed by atoms with Gasteiger partial charge < -0.3 is 15.2 Å². The fraction of sp³-hybridized carbons (Fsp3) is 0.462. The van der Waals surface area contributed by atoms with Crippen molar-refractivity contribution in [2.24, 2.45) is 11.7 Å². The van der Waals surface area contributed by atoms with Gasteiger partial charge in [0.25, 0.3) is 0 Å². The molecule has 94 valence electrons. The third kappa shape index (κ3) is 3.46. The van der Waals surface area contributed by atoms with Crippen LogP contribution in [0.5, 0.6) is 11.5 Å². The fourth-order valence-electron chi connectivity index (χ4n) is 1.54. The Morgan fingerprint density at radius 3 is 2.59 bits per heavy atom. The van der Waals surface area contributed by atoms with Crippen LogP contribution >= 0.6 is 0 Å². The number of carbonyl (C=O) groups is 1. The van der Waals surface area contributed by atoms with Crippen molar-refractivity contribution in [3.8, 4) is 11.5 Å². The molecule has 0 aliphatic heterocycles. The number of nitrogens with two attached hydrogens (primary N) is 1. The van der Waals surface area contributed by atoms with E-state index in [0.717, 1.165) is 0 Å². The second-order valence-corrected chi connectivity index (χ2v) is 4.03. The summed E-state index contributed by atoms with van der Waals surface area (Å²) in [6, 6.07) is 5.20. The number of hydrogen-bond acceptors (Lipinski definition) is 4. The van der Waals surface area contributed by atoms with Crippen LogP contribution in [0, 0.1) is 5.92 Å². The van der Waals surface area contributed by atoms with Gasteiger partial charge in [0.1, 0.15) is 11.5 Å². The van der Waals surface area contributed by atoms with Gasteiger partial charge in [-0.2, -0.15) is 0 Å². The molecule has 4 nitrogen and oxygen atoms in total. The summed E-state index contributed by atoms with van der Waals surface area (Å²) in [6.45, 7) is 2.45. The first-order chi connectivity index (χ1) is 8.12. The molecule has 0 fully saturated rings. The van der Waals surface area contributed by atoms with Crippen LogP contribution in [-0.2, 0) is 0 Å². The lowest BCUT2D eigenvalue weighted by molar-refractivity contribution is 0.0962. The van der Waals surface area contributed by atoms with Gasteiger partial charge >= 0.3 is 0 Å². The molecule has 17 heavy (non-hydrogen) atoms. The zero-order chi connectivity index (χ0) is 12.8. The number of ketones is 1. The van der Waals surface area contributed by atoms with Gasteiger partial charge in [-0.3, -0.25) is 4.79 Å². The average molecular weight is 237 g/mol. The minimum Gasteiger partial charge on any atom is -0.497 e. The highest BCUT2D eigenvalue weighted by Crippen LogP contribution is 2.25. The quantitative estimate of drug-likeness (QED) is 0.767. The molecule has 0 aliphatic rings. The van der Waals surface area contributed by atoms with E-state index in [0.29, 0.717) is 30.0 Å². The normalized spacial score (nSPS) is 12.0. The molecule has 4 heteroatoms. The summed E-state index contributed by atoms with van der Waals surface area (Å²) in [6.07, 6.45) is 0.417. The maximum absolute atomic E-state index is 12.1. The van der Waals surface area contributed by atoms with Crippen molar-refractivity contribution < 1.29 is 14.3 Å². The Balaban J connectivity index is 2.97. The minimum absolute atomic E-state index is 0.0266. The van der Waals surface area contributed by atoms with E-state index >= 15 is 0 Å². The molecule has 0 spiro atoms. The summed E-state index contributed by atoms with van der Waals surface area (Å²) < 4.78 is 10.3. The van der Waals surface area contributed by atoms with Crippen LogP contribution in [0.1, 0.15) is 23.7 Å². The largest absolute Gasteiger partial charge is 0.497 e. The number of carbonyl (C=O) groups excluding carboxylic acids is 1. The highest BCUT2D eigenvalue weighted by Gasteiger charge is 2.15. The summed E-state index contributed by atoms with van der Waals surface area (Å²) >= 11 is 0. The molecule has 0 bridgehead atoms. The van der Waals surface area contributed by atoms with Crippen molar-refractivity contribution in [2.45, 2.75) is 13.3 Å². The summed E-state index contributed by atoms with van der Waals surface area (Å²) in [7, 11) is 3.11. The Morgan fingerprint density at radius 1 is 1.35 bits per heavy atom. The maximum atomic E-state index is 12.1. The molecule has 1 rings (SSSR count). The summed E-state index contributed by atoms with van der Waals surface area (Å²) in [5.41, 5.74) is 6.07. The van der Waals surface area contributed by atoms with Gasteiger partial charge in [-0.15, -0.1) is 0 Å². The van der Waals surface area contributed by atoms with Gasteiger partial charge in [0.05, 0.1) is 19.8 Å². The molecule has 0 saturated heterocycles. The molecular formula is C13H19NO3. The lowest BCUT2D eigenvalue weighted by Gasteiger charge is -2.11. The van der Waals surface area contributed by atoms with Crippen LogP contribution in [0.25, 0.3) is 0 Å². The number of hydrogen-bond donors (Lipinski definition) is 1. The van der Waals surface area contributed by atoms with Crippen molar-refractivity contribution in [3.05, 3.63) is 23.8 Å². The van der Waals surface area contributed by atoms with Crippen LogP contribution in [-0.4, -0.2) is 26.5 Å². The molecule has 0 aliphatic carbocycles. The first-order valence-electron chi connectivity index (χ1n) is 5.57. The number of Topliss-reactive ketones (excluding diaryl/α,β-unsaturated/α-hetero) is 1. The SMILES string of the molecule is COc1ccc(OC)c(C(=O)CC(C)CN)c1. The van der Waals surface area contributed by atoms with E-state index in [1.807, 2.05) is 6.92 Å². The van der Waals surface area contributed by atoms with E-state index in [1.54, 1.807) is 32.4 Å². The van der Waals surface area contributed by atoms with E-state index in [2.05, 4.69) is 0 Å². The van der Waals surface area contributed by atoms with Gasteiger partial charge in [0.2, 0.25) is 0 Å². The molecule has 2 N–H and O–H groups in total. The first kappa shape index (κ1) is 13.5. The van der Waals surface area contributed by atoms with Gasteiger partial charge in [0, 0.05) is 6.42 Å². The number of benzene rings is 1. The van der Waals surface area contributed by atoms with Crippen LogP contribution in [0.4, 0.5) is 0 Å². The minimum atomic E-state index is 0.0266. The van der Waals surface area contributed by atoms with Crippen LogP contribution in [0.3, 0.4) is 0 Å². The summed E-state index contributed by atoms with van der Waals surface area (Å²) in [5.74, 6) is 1.41. The van der Waals surface area contributed by atoms with Crippen molar-refractivity contribution in [1.82, 2.24) is 0 Å². The Kier molecular flexibility index (Phi) is 4.97. The third-order valence-corrected chi connectivity index (χ3v) is 2.64. The number of ether oxygens (including phenoxy) is 2. The summed E-state index contributed by atoms with van der Waals surface area (Å²) in [5, 5.41) is 0. The maximum Gasteiger partial charge on any atom is 0.167 e. The van der Waals surface area contributed by atoms with Gasteiger partial charge in [-0.05, 0) is 30.7 Å². The van der Waals surface area contributed by atoms with Crippen LogP contribution < -0.4 is 15.2 Å². The second kappa shape index (κ2) is 6.25. The van der Waals surface area contributed by atoms with E-state index in [1.165, 1.54) is 0 Å². The van der Waals surface area contributed by atoms with E-state index in [-0.39, 0.29) is 11.7 Å². The van der Waals surface area contributed by atoms with E-state index in [4.69, 9.17) is 15.2 Å². The summed E-state index contributed by atoms with van der Waals surface area (Å²) in [4.78, 5) is 12.1. The number of rotatable bonds is 6. The van der Waals surface area contributed by atoms with Gasteiger partial charge in [-0.1, -0.05) is 6.92 Å². The van der Waals surface area contributed by atoms with E-state index < -0.39 is 0 Å². The monoisotopic (exact) mass is 237 g/mol. The lowest BCUT2D eigenvalue weighted by Crippen LogP contribution is -2.15. The highest BCUT2D eigenvalue weighted by molar-refractivity contribution is 5.99. The zero-order valence-electron chi connectivity index (χ0n) is 10.5. The highest BCUT2D eigenvalue weighted by atomic mass is 16.5. The predicted octanol–water partition coefficient (Wildman–Crippen LogP) is 1.87. The Bertz CT molecular complexity index is 390. The molecule has 0 radical (unpaired) electrons. The van der Waals surface area contributed by atoms with Crippen molar-refractivity contribution >= 4 is 5.78 Å². The van der Waals surface area contributed by atoms with Crippen molar-refractivity contribution in [3.63, 3.8) is 0 Å². The molecule has 0 amide bonds. The lowest BCUT2D eigenvalue weighted by atomic mass is 9.99.